The number of hydrogen-bond acceptors (Lipinski definition) is 5. The zero-order valence-electron chi connectivity index (χ0n) is 21.0. The number of phenols is 1. The van der Waals surface area contributed by atoms with Crippen LogP contribution in [-0.2, 0) is 16.0 Å². The summed E-state index contributed by atoms with van der Waals surface area (Å²) in [6.07, 6.45) is -0.710. The number of ether oxygens (including phenoxy) is 2. The Kier molecular flexibility index (Phi) is 9.53. The first-order valence-electron chi connectivity index (χ1n) is 12.0. The van der Waals surface area contributed by atoms with E-state index in [0.717, 1.165) is 6.07 Å². The number of hydrogen-bond donors (Lipinski definition) is 2. The van der Waals surface area contributed by atoms with Gasteiger partial charge in [-0.2, -0.15) is 0 Å². The highest BCUT2D eigenvalue weighted by atomic mass is 35.5. The lowest BCUT2D eigenvalue weighted by Crippen LogP contribution is -2.43. The fourth-order valence-electron chi connectivity index (χ4n) is 3.97. The number of esters is 1. The van der Waals surface area contributed by atoms with Crippen LogP contribution in [0, 0.1) is 5.82 Å². The molecule has 1 amide bonds. The van der Waals surface area contributed by atoms with Crippen LogP contribution in [0.5, 0.6) is 11.5 Å². The summed E-state index contributed by atoms with van der Waals surface area (Å²) in [7, 11) is 1.20. The van der Waals surface area contributed by atoms with Crippen LogP contribution in [0.15, 0.2) is 84.9 Å². The summed E-state index contributed by atoms with van der Waals surface area (Å²) in [4.78, 5) is 25.3. The van der Waals surface area contributed by atoms with Crippen LogP contribution in [0.1, 0.15) is 33.2 Å². The van der Waals surface area contributed by atoms with Gasteiger partial charge in [-0.25, -0.2) is 9.18 Å². The van der Waals surface area contributed by atoms with Crippen molar-refractivity contribution in [3.05, 3.63) is 128 Å². The van der Waals surface area contributed by atoms with E-state index in [1.54, 1.807) is 54.6 Å². The molecular weight excluding hydrogens is 580 g/mol. The third-order valence-corrected chi connectivity index (χ3v) is 6.84. The Hall–Kier alpha value is -3.78. The zero-order valence-corrected chi connectivity index (χ0v) is 23.3. The van der Waals surface area contributed by atoms with Crippen LogP contribution in [0.4, 0.5) is 4.39 Å². The van der Waals surface area contributed by atoms with Crippen LogP contribution < -0.4 is 10.1 Å². The summed E-state index contributed by atoms with van der Waals surface area (Å²) < 4.78 is 26.2. The summed E-state index contributed by atoms with van der Waals surface area (Å²) >= 11 is 18.5. The van der Waals surface area contributed by atoms with Gasteiger partial charge >= 0.3 is 5.97 Å². The molecule has 0 saturated heterocycles. The Morgan fingerprint density at radius 3 is 2.20 bits per heavy atom. The average Bonchev–Trinajstić information content (AvgIpc) is 2.93. The van der Waals surface area contributed by atoms with Crippen molar-refractivity contribution in [1.82, 2.24) is 5.32 Å². The molecule has 0 heterocycles. The molecule has 2 N–H and O–H groups in total. The fraction of sp³-hybridized carbons (Fsp3) is 0.133. The summed E-state index contributed by atoms with van der Waals surface area (Å²) in [6, 6.07) is 20.6. The molecule has 40 heavy (non-hydrogen) atoms. The van der Waals surface area contributed by atoms with Crippen LogP contribution in [0.2, 0.25) is 15.1 Å². The number of nitrogens with one attached hydrogen (secondary N) is 1. The molecule has 6 nitrogen and oxygen atoms in total. The molecule has 0 saturated carbocycles. The molecule has 0 aliphatic rings. The Labute approximate surface area is 245 Å². The van der Waals surface area contributed by atoms with E-state index in [-0.39, 0.29) is 23.5 Å². The summed E-state index contributed by atoms with van der Waals surface area (Å²) in [6.45, 7) is 0. The van der Waals surface area contributed by atoms with E-state index in [2.05, 4.69) is 5.32 Å². The number of halogens is 4. The summed E-state index contributed by atoms with van der Waals surface area (Å²) in [5, 5.41) is 13.3. The number of benzene rings is 4. The van der Waals surface area contributed by atoms with Gasteiger partial charge in [0.05, 0.1) is 7.11 Å². The Morgan fingerprint density at radius 1 is 0.900 bits per heavy atom. The molecule has 0 fully saturated rings. The highest BCUT2D eigenvalue weighted by molar-refractivity contribution is 6.35. The molecule has 0 bridgehead atoms. The number of aromatic hydroxyl groups is 1. The maximum absolute atomic E-state index is 15.3. The quantitative estimate of drug-likeness (QED) is 0.198. The Morgan fingerprint density at radius 2 is 1.57 bits per heavy atom. The van der Waals surface area contributed by atoms with Crippen molar-refractivity contribution in [3.63, 3.8) is 0 Å². The van der Waals surface area contributed by atoms with E-state index < -0.39 is 29.8 Å². The van der Waals surface area contributed by atoms with Crippen molar-refractivity contribution in [3.8, 4) is 11.5 Å². The molecule has 0 spiro atoms. The molecular formula is C30H23Cl3FNO5. The molecule has 4 rings (SSSR count). The van der Waals surface area contributed by atoms with E-state index in [1.165, 1.54) is 31.4 Å². The number of carbonyl (C=O) groups excluding carboxylic acids is 2. The highest BCUT2D eigenvalue weighted by Crippen LogP contribution is 2.35. The summed E-state index contributed by atoms with van der Waals surface area (Å²) in [5.74, 6) is -2.22. The number of rotatable bonds is 9. The average molecular weight is 603 g/mol. The predicted molar refractivity (Wildman–Crippen MR) is 152 cm³/mol. The second-order valence-corrected chi connectivity index (χ2v) is 10.1. The Balaban J connectivity index is 1.57. The van der Waals surface area contributed by atoms with E-state index >= 15 is 4.39 Å². The third-order valence-electron chi connectivity index (χ3n) is 6.02. The van der Waals surface area contributed by atoms with Gasteiger partial charge < -0.3 is 19.9 Å². The topological polar surface area (TPSA) is 84.9 Å². The zero-order chi connectivity index (χ0) is 28.8. The summed E-state index contributed by atoms with van der Waals surface area (Å²) in [5.41, 5.74) is 1.85. The SMILES string of the molecule is COC(=O)C(Cc1ccc(O)cc1)NC(=O)c1ccc(OC(c2ccc(Cl)cc2)c2ccc(Cl)cc2Cl)c(F)c1. The van der Waals surface area contributed by atoms with Crippen LogP contribution >= 0.6 is 34.8 Å². The molecule has 10 heteroatoms. The van der Waals surface area contributed by atoms with Gasteiger partial charge in [-0.05, 0) is 65.7 Å². The highest BCUT2D eigenvalue weighted by Gasteiger charge is 2.25. The molecule has 4 aromatic rings. The van der Waals surface area contributed by atoms with Crippen molar-refractivity contribution >= 4 is 46.7 Å². The lowest BCUT2D eigenvalue weighted by Gasteiger charge is -2.22. The molecule has 206 valence electrons. The van der Waals surface area contributed by atoms with Crippen molar-refractivity contribution in [1.29, 1.82) is 0 Å². The standard InChI is InChI=1S/C30H23Cl3FNO5/c1-39-30(38)26(14-17-2-10-22(36)11-3-17)35-29(37)19-6-13-27(25(34)15-19)40-28(18-4-7-20(31)8-5-18)23-12-9-21(32)16-24(23)33/h2-13,15-16,26,28,36H,14H2,1H3,(H,35,37). The predicted octanol–water partition coefficient (Wildman–Crippen LogP) is 7.17. The van der Waals surface area contributed by atoms with E-state index in [1.807, 2.05) is 0 Å². The van der Waals surface area contributed by atoms with Crippen molar-refractivity contribution in [2.75, 3.05) is 7.11 Å². The van der Waals surface area contributed by atoms with Gasteiger partial charge in [0, 0.05) is 32.6 Å². The minimum absolute atomic E-state index is 0.0305. The minimum atomic E-state index is -1.04. The fourth-order valence-corrected chi connectivity index (χ4v) is 4.61. The van der Waals surface area contributed by atoms with E-state index in [0.29, 0.717) is 31.8 Å². The first-order valence-corrected chi connectivity index (χ1v) is 13.1. The van der Waals surface area contributed by atoms with Crippen LogP contribution in [0.25, 0.3) is 0 Å². The largest absolute Gasteiger partial charge is 0.508 e. The van der Waals surface area contributed by atoms with E-state index in [9.17, 15) is 14.7 Å². The minimum Gasteiger partial charge on any atom is -0.508 e. The number of methoxy groups -OCH3 is 1. The van der Waals surface area contributed by atoms with Gasteiger partial charge in [0.2, 0.25) is 0 Å². The first-order chi connectivity index (χ1) is 19.1. The van der Waals surface area contributed by atoms with Gasteiger partial charge in [0.1, 0.15) is 11.8 Å². The van der Waals surface area contributed by atoms with Crippen molar-refractivity contribution in [2.24, 2.45) is 0 Å². The van der Waals surface area contributed by atoms with Crippen LogP contribution in [-0.4, -0.2) is 30.1 Å². The molecule has 2 atom stereocenters. The van der Waals surface area contributed by atoms with Gasteiger partial charge in [-0.3, -0.25) is 4.79 Å². The van der Waals surface area contributed by atoms with Gasteiger partial charge in [0.15, 0.2) is 17.7 Å². The normalized spacial score (nSPS) is 12.3. The van der Waals surface area contributed by atoms with Crippen molar-refractivity contribution in [2.45, 2.75) is 18.6 Å². The first kappa shape index (κ1) is 29.2. The molecule has 0 aromatic heterocycles. The molecule has 0 aliphatic heterocycles. The number of phenolic OH excluding ortho intramolecular Hbond substituents is 1. The number of amides is 1. The molecule has 2 unspecified atom stereocenters. The third kappa shape index (κ3) is 7.24. The van der Waals surface area contributed by atoms with Gasteiger partial charge in [0.25, 0.3) is 5.91 Å². The Bertz CT molecular complexity index is 1510. The molecule has 4 aromatic carbocycles. The lowest BCUT2D eigenvalue weighted by atomic mass is 10.0. The molecule has 0 aliphatic carbocycles. The number of carbonyl (C=O) groups is 2. The maximum atomic E-state index is 15.3. The molecule has 0 radical (unpaired) electrons. The lowest BCUT2D eigenvalue weighted by molar-refractivity contribution is -0.142. The van der Waals surface area contributed by atoms with Gasteiger partial charge in [-0.15, -0.1) is 0 Å². The monoisotopic (exact) mass is 601 g/mol. The second-order valence-electron chi connectivity index (χ2n) is 8.78. The maximum Gasteiger partial charge on any atom is 0.328 e. The van der Waals surface area contributed by atoms with Gasteiger partial charge in [-0.1, -0.05) is 65.1 Å². The van der Waals surface area contributed by atoms with E-state index in [4.69, 9.17) is 44.3 Å². The second kappa shape index (κ2) is 13.0. The van der Waals surface area contributed by atoms with Crippen molar-refractivity contribution < 1.29 is 28.6 Å². The smallest absolute Gasteiger partial charge is 0.328 e. The van der Waals surface area contributed by atoms with Crippen LogP contribution in [0.3, 0.4) is 0 Å².